The lowest BCUT2D eigenvalue weighted by atomic mass is 9.71. The summed E-state index contributed by atoms with van der Waals surface area (Å²) in [5.74, 6) is 0.446. The second-order valence-corrected chi connectivity index (χ2v) is 10.9. The average Bonchev–Trinajstić information content (AvgIpc) is 3.22. The van der Waals surface area contributed by atoms with Gasteiger partial charge in [-0.1, -0.05) is 56.0 Å². The number of hydrogen-bond acceptors (Lipinski definition) is 5. The van der Waals surface area contributed by atoms with Gasteiger partial charge in [0.25, 0.3) is 5.91 Å². The minimum atomic E-state index is -1.09. The number of fused-ring (bicyclic) bond motifs is 2. The Morgan fingerprint density at radius 2 is 1.61 bits per heavy atom. The van der Waals surface area contributed by atoms with E-state index in [1.165, 1.54) is 12.8 Å². The summed E-state index contributed by atoms with van der Waals surface area (Å²) < 4.78 is 16.9. The number of carbonyl (C=O) groups is 2. The second kappa shape index (κ2) is 10.9. The molecule has 0 spiro atoms. The molecular formula is C31H35NO6. The van der Waals surface area contributed by atoms with Gasteiger partial charge in [0, 0.05) is 12.0 Å². The van der Waals surface area contributed by atoms with E-state index in [1.807, 2.05) is 54.6 Å². The molecule has 0 saturated heterocycles. The standard InChI is InChI=1S/C31H35NO6/c1-31(2,30(34)35)29(22-12-14-26-27(17-22)38-19-37-26)21-10-9-20-11-13-25(16-23(20)15-21)36-18-28(33)32-24-7-5-3-4-6-8-24/h9-17,24,29H,3-8,18-19H2,1-2H3,(H,32,33)(H,34,35). The van der Waals surface area contributed by atoms with Gasteiger partial charge < -0.3 is 24.6 Å². The van der Waals surface area contributed by atoms with Crippen LogP contribution in [0.1, 0.15) is 69.4 Å². The first-order valence-electron chi connectivity index (χ1n) is 13.4. The van der Waals surface area contributed by atoms with E-state index in [0.29, 0.717) is 17.2 Å². The maximum absolute atomic E-state index is 12.5. The minimum absolute atomic E-state index is 0.0342. The van der Waals surface area contributed by atoms with Crippen molar-refractivity contribution in [2.24, 2.45) is 5.41 Å². The number of hydrogen-bond donors (Lipinski definition) is 2. The molecule has 3 aromatic carbocycles. The molecule has 7 nitrogen and oxygen atoms in total. The topological polar surface area (TPSA) is 94.1 Å². The molecule has 3 aromatic rings. The van der Waals surface area contributed by atoms with Crippen molar-refractivity contribution >= 4 is 22.6 Å². The third-order valence-electron chi connectivity index (χ3n) is 7.76. The van der Waals surface area contributed by atoms with Gasteiger partial charge in [-0.15, -0.1) is 0 Å². The summed E-state index contributed by atoms with van der Waals surface area (Å²) in [7, 11) is 0. The number of benzene rings is 3. The predicted octanol–water partition coefficient (Wildman–Crippen LogP) is 6.03. The molecular weight excluding hydrogens is 482 g/mol. The zero-order chi connectivity index (χ0) is 26.7. The van der Waals surface area contributed by atoms with Gasteiger partial charge in [0.05, 0.1) is 5.41 Å². The molecule has 1 aliphatic carbocycles. The van der Waals surface area contributed by atoms with E-state index in [4.69, 9.17) is 14.2 Å². The number of carboxylic acids is 1. The first-order chi connectivity index (χ1) is 18.3. The molecule has 7 heteroatoms. The fourth-order valence-corrected chi connectivity index (χ4v) is 5.60. The zero-order valence-corrected chi connectivity index (χ0v) is 22.0. The highest BCUT2D eigenvalue weighted by Gasteiger charge is 2.39. The third-order valence-corrected chi connectivity index (χ3v) is 7.76. The lowest BCUT2D eigenvalue weighted by Crippen LogP contribution is -2.37. The van der Waals surface area contributed by atoms with Crippen molar-refractivity contribution in [1.29, 1.82) is 0 Å². The predicted molar refractivity (Wildman–Crippen MR) is 145 cm³/mol. The maximum atomic E-state index is 12.5. The van der Waals surface area contributed by atoms with E-state index in [2.05, 4.69) is 5.32 Å². The Bertz CT molecular complexity index is 1330. The molecule has 200 valence electrons. The van der Waals surface area contributed by atoms with Gasteiger partial charge in [-0.25, -0.2) is 0 Å². The van der Waals surface area contributed by atoms with Crippen LogP contribution in [0.15, 0.2) is 54.6 Å². The summed E-state index contributed by atoms with van der Waals surface area (Å²) in [6.07, 6.45) is 6.85. The normalized spacial score (nSPS) is 16.6. The molecule has 2 N–H and O–H groups in total. The summed E-state index contributed by atoms with van der Waals surface area (Å²) in [4.78, 5) is 24.9. The molecule has 0 bridgehead atoms. The molecule has 2 aliphatic rings. The van der Waals surface area contributed by atoms with Crippen LogP contribution in [0.4, 0.5) is 0 Å². The first-order valence-corrected chi connectivity index (χ1v) is 13.4. The number of rotatable bonds is 8. The molecule has 5 rings (SSSR count). The van der Waals surface area contributed by atoms with Crippen molar-refractivity contribution in [3.05, 3.63) is 65.7 Å². The SMILES string of the molecule is CC(C)(C(=O)O)C(c1ccc2c(c1)OCO2)c1ccc2ccc(OCC(=O)NC3CCCCCC3)cc2c1. The minimum Gasteiger partial charge on any atom is -0.484 e. The van der Waals surface area contributed by atoms with E-state index in [-0.39, 0.29) is 25.3 Å². The molecule has 1 fully saturated rings. The highest BCUT2D eigenvalue weighted by Crippen LogP contribution is 2.45. The number of carboxylic acid groups (broad SMARTS) is 1. The fraction of sp³-hybridized carbons (Fsp3) is 0.419. The van der Waals surface area contributed by atoms with Crippen LogP contribution in [-0.4, -0.2) is 36.4 Å². The smallest absolute Gasteiger partial charge is 0.310 e. The van der Waals surface area contributed by atoms with Gasteiger partial charge in [-0.2, -0.15) is 0 Å². The van der Waals surface area contributed by atoms with E-state index in [9.17, 15) is 14.7 Å². The van der Waals surface area contributed by atoms with E-state index in [1.54, 1.807) is 13.8 Å². The molecule has 0 aromatic heterocycles. The third kappa shape index (κ3) is 5.57. The molecule has 1 atom stereocenters. The summed E-state index contributed by atoms with van der Waals surface area (Å²) in [5.41, 5.74) is 0.613. The van der Waals surface area contributed by atoms with Gasteiger partial charge in [0.2, 0.25) is 6.79 Å². The van der Waals surface area contributed by atoms with Gasteiger partial charge in [0.1, 0.15) is 5.75 Å². The van der Waals surface area contributed by atoms with Gasteiger partial charge in [-0.05, 0) is 72.9 Å². The number of amides is 1. The highest BCUT2D eigenvalue weighted by molar-refractivity contribution is 5.86. The largest absolute Gasteiger partial charge is 0.484 e. The Morgan fingerprint density at radius 1 is 0.921 bits per heavy atom. The quantitative estimate of drug-likeness (QED) is 0.355. The van der Waals surface area contributed by atoms with Crippen LogP contribution in [-0.2, 0) is 9.59 Å². The summed E-state index contributed by atoms with van der Waals surface area (Å²) in [5, 5.41) is 15.2. The van der Waals surface area contributed by atoms with Crippen molar-refractivity contribution in [3.8, 4) is 17.2 Å². The fourth-order valence-electron chi connectivity index (χ4n) is 5.60. The summed E-state index contributed by atoms with van der Waals surface area (Å²) in [6, 6.07) is 17.5. The number of carbonyl (C=O) groups excluding carboxylic acids is 1. The summed E-state index contributed by atoms with van der Waals surface area (Å²) >= 11 is 0. The van der Waals surface area contributed by atoms with E-state index in [0.717, 1.165) is 47.6 Å². The maximum Gasteiger partial charge on any atom is 0.310 e. The van der Waals surface area contributed by atoms with Crippen LogP contribution in [0.25, 0.3) is 10.8 Å². The Kier molecular flexibility index (Phi) is 7.45. The Labute approximate surface area is 223 Å². The van der Waals surface area contributed by atoms with Crippen molar-refractivity contribution in [2.45, 2.75) is 64.3 Å². The van der Waals surface area contributed by atoms with Crippen LogP contribution in [0, 0.1) is 5.41 Å². The van der Waals surface area contributed by atoms with E-state index < -0.39 is 17.3 Å². The van der Waals surface area contributed by atoms with Gasteiger partial charge >= 0.3 is 5.97 Å². The number of aliphatic carboxylic acids is 1. The Morgan fingerprint density at radius 3 is 2.37 bits per heavy atom. The Hall–Kier alpha value is -3.74. The number of nitrogens with one attached hydrogen (secondary N) is 1. The van der Waals surface area contributed by atoms with E-state index >= 15 is 0 Å². The Balaban J connectivity index is 1.38. The molecule has 1 unspecified atom stereocenters. The van der Waals surface area contributed by atoms with Gasteiger partial charge in [0.15, 0.2) is 18.1 Å². The lowest BCUT2D eigenvalue weighted by molar-refractivity contribution is -0.147. The van der Waals surface area contributed by atoms with Crippen LogP contribution in [0.3, 0.4) is 0 Å². The van der Waals surface area contributed by atoms with Crippen molar-refractivity contribution in [3.63, 3.8) is 0 Å². The van der Waals surface area contributed by atoms with Crippen molar-refractivity contribution in [1.82, 2.24) is 5.32 Å². The van der Waals surface area contributed by atoms with Crippen LogP contribution in [0.2, 0.25) is 0 Å². The highest BCUT2D eigenvalue weighted by atomic mass is 16.7. The molecule has 1 saturated carbocycles. The van der Waals surface area contributed by atoms with Gasteiger partial charge in [-0.3, -0.25) is 9.59 Å². The summed E-state index contributed by atoms with van der Waals surface area (Å²) in [6.45, 7) is 3.60. The zero-order valence-electron chi connectivity index (χ0n) is 22.0. The van der Waals surface area contributed by atoms with Crippen molar-refractivity contribution in [2.75, 3.05) is 13.4 Å². The van der Waals surface area contributed by atoms with Crippen molar-refractivity contribution < 1.29 is 28.9 Å². The number of ether oxygens (including phenoxy) is 3. The van der Waals surface area contributed by atoms with Crippen LogP contribution >= 0.6 is 0 Å². The molecule has 0 radical (unpaired) electrons. The average molecular weight is 518 g/mol. The monoisotopic (exact) mass is 517 g/mol. The first kappa shape index (κ1) is 25.9. The molecule has 1 amide bonds. The van der Waals surface area contributed by atoms with Crippen LogP contribution < -0.4 is 19.5 Å². The van der Waals surface area contributed by atoms with Crippen LogP contribution in [0.5, 0.6) is 17.2 Å². The second-order valence-electron chi connectivity index (χ2n) is 10.9. The molecule has 38 heavy (non-hydrogen) atoms. The lowest BCUT2D eigenvalue weighted by Gasteiger charge is -2.31. The molecule has 1 aliphatic heterocycles. The molecule has 1 heterocycles.